The summed E-state index contributed by atoms with van der Waals surface area (Å²) in [5.41, 5.74) is 0. The molecule has 120 valence electrons. The molecule has 0 aromatic heterocycles. The molecule has 1 atom stereocenters. The first-order valence-electron chi connectivity index (χ1n) is 6.09. The van der Waals surface area contributed by atoms with Crippen molar-refractivity contribution in [1.82, 2.24) is 0 Å². The van der Waals surface area contributed by atoms with Gasteiger partial charge < -0.3 is 9.05 Å². The molecule has 0 spiro atoms. The third kappa shape index (κ3) is 7.12. The van der Waals surface area contributed by atoms with Crippen molar-refractivity contribution in [3.63, 3.8) is 0 Å². The Labute approximate surface area is 155 Å². The van der Waals surface area contributed by atoms with Gasteiger partial charge in [0, 0.05) is 5.02 Å². The van der Waals surface area contributed by atoms with Gasteiger partial charge in [-0.3, -0.25) is 0 Å². The Morgan fingerprint density at radius 1 is 1.19 bits per heavy atom. The quantitative estimate of drug-likeness (QED) is 0.294. The van der Waals surface area contributed by atoms with E-state index in [2.05, 4.69) is 0 Å². The summed E-state index contributed by atoms with van der Waals surface area (Å²) in [5, 5.41) is 1.45. The number of benzene rings is 1. The van der Waals surface area contributed by atoms with Crippen LogP contribution in [-0.4, -0.2) is 17.0 Å². The zero-order valence-electron chi connectivity index (χ0n) is 11.1. The molecule has 0 aliphatic heterocycles. The molecule has 0 heterocycles. The van der Waals surface area contributed by atoms with Crippen molar-refractivity contribution in [1.29, 1.82) is 0 Å². The molecule has 1 unspecified atom stereocenters. The molecule has 1 aromatic rings. The smallest absolute Gasteiger partial charge is 0.221 e. The lowest BCUT2D eigenvalue weighted by molar-refractivity contribution is 0.254. The largest absolute Gasteiger partial charge is 0.326 e. The molecule has 21 heavy (non-hydrogen) atoms. The Morgan fingerprint density at radius 3 is 2.38 bits per heavy atom. The molecule has 0 aliphatic rings. The molecular formula is C12H14Cl5O2PS. The molecule has 0 N–H and O–H groups in total. The maximum Gasteiger partial charge on any atom is 0.221 e. The van der Waals surface area contributed by atoms with Crippen LogP contribution in [0.15, 0.2) is 18.2 Å². The Balaban J connectivity index is 3.02. The van der Waals surface area contributed by atoms with Crippen molar-refractivity contribution in [3.05, 3.63) is 28.2 Å². The van der Waals surface area contributed by atoms with Crippen LogP contribution in [0.4, 0.5) is 0 Å². The minimum Gasteiger partial charge on any atom is -0.326 e. The van der Waals surface area contributed by atoms with E-state index >= 15 is 0 Å². The van der Waals surface area contributed by atoms with E-state index in [4.69, 9.17) is 78.9 Å². The van der Waals surface area contributed by atoms with Gasteiger partial charge in [0.15, 0.2) is 0 Å². The molecule has 9 heteroatoms. The maximum absolute atomic E-state index is 6.19. The summed E-state index contributed by atoms with van der Waals surface area (Å²) in [6.45, 7) is -0.550. The van der Waals surface area contributed by atoms with Crippen molar-refractivity contribution in [2.24, 2.45) is 0 Å². The standard InChI is InChI=1S/C12H14Cl5O2PS/c1-2-3-6-18-20(21,19-8-12(15,16)17)11-5-4-9(13)7-10(11)14/h4-5,7H,2-3,6,8H2,1H3. The van der Waals surface area contributed by atoms with E-state index in [1.165, 1.54) is 0 Å². The molecule has 0 saturated carbocycles. The highest BCUT2D eigenvalue weighted by Gasteiger charge is 2.30. The van der Waals surface area contributed by atoms with E-state index < -0.39 is 10.3 Å². The minimum atomic E-state index is -2.87. The van der Waals surface area contributed by atoms with Gasteiger partial charge in [-0.05, 0) is 36.4 Å². The second-order valence-electron chi connectivity index (χ2n) is 4.17. The van der Waals surface area contributed by atoms with Crippen LogP contribution in [0.3, 0.4) is 0 Å². The summed E-state index contributed by atoms with van der Waals surface area (Å²) < 4.78 is 9.83. The van der Waals surface area contributed by atoms with E-state index in [9.17, 15) is 0 Å². The van der Waals surface area contributed by atoms with Crippen molar-refractivity contribution in [3.8, 4) is 0 Å². The van der Waals surface area contributed by atoms with E-state index in [-0.39, 0.29) is 6.61 Å². The first-order chi connectivity index (χ1) is 9.68. The van der Waals surface area contributed by atoms with Crippen LogP contribution in [0.2, 0.25) is 10.0 Å². The summed E-state index contributed by atoms with van der Waals surface area (Å²) in [6, 6.07) is 4.95. The number of unbranched alkanes of at least 4 members (excludes halogenated alkanes) is 1. The highest BCUT2D eigenvalue weighted by molar-refractivity contribution is 8.13. The van der Waals surface area contributed by atoms with Gasteiger partial charge in [-0.15, -0.1) is 0 Å². The van der Waals surface area contributed by atoms with Gasteiger partial charge in [-0.1, -0.05) is 71.3 Å². The van der Waals surface area contributed by atoms with E-state index in [0.717, 1.165) is 12.8 Å². The van der Waals surface area contributed by atoms with Crippen LogP contribution in [0.1, 0.15) is 19.8 Å². The minimum absolute atomic E-state index is 0.181. The van der Waals surface area contributed by atoms with Crippen molar-refractivity contribution in [2.45, 2.75) is 23.6 Å². The van der Waals surface area contributed by atoms with Crippen LogP contribution < -0.4 is 5.30 Å². The maximum atomic E-state index is 6.19. The van der Waals surface area contributed by atoms with Gasteiger partial charge in [0.25, 0.3) is 0 Å². The number of halogens is 5. The summed E-state index contributed by atoms with van der Waals surface area (Å²) in [6.07, 6.45) is 1.81. The fraction of sp³-hybridized carbons (Fsp3) is 0.500. The monoisotopic (exact) mass is 428 g/mol. The van der Waals surface area contributed by atoms with Crippen LogP contribution in [0, 0.1) is 0 Å². The highest BCUT2D eigenvalue weighted by atomic mass is 35.6. The van der Waals surface area contributed by atoms with Gasteiger partial charge in [-0.25, -0.2) is 0 Å². The van der Waals surface area contributed by atoms with Crippen LogP contribution >= 0.6 is 64.5 Å². The van der Waals surface area contributed by atoms with Gasteiger partial charge in [0.1, 0.15) is 6.61 Å². The SMILES string of the molecule is CCCCOP(=S)(OCC(Cl)(Cl)Cl)c1ccc(Cl)cc1Cl. The Bertz CT molecular complexity index is 521. The summed E-state index contributed by atoms with van der Waals surface area (Å²) in [5.74, 6) is 0. The molecular weight excluding hydrogens is 416 g/mol. The molecule has 0 fully saturated rings. The molecule has 1 aromatic carbocycles. The lowest BCUT2D eigenvalue weighted by Gasteiger charge is -2.25. The van der Waals surface area contributed by atoms with Crippen LogP contribution in [0.5, 0.6) is 0 Å². The topological polar surface area (TPSA) is 18.5 Å². The second-order valence-corrected chi connectivity index (χ2v) is 11.0. The van der Waals surface area contributed by atoms with E-state index in [0.29, 0.717) is 22.0 Å². The van der Waals surface area contributed by atoms with Gasteiger partial charge in [-0.2, -0.15) is 0 Å². The number of alkyl halides is 3. The normalized spacial score (nSPS) is 15.0. The fourth-order valence-electron chi connectivity index (χ4n) is 1.37. The second kappa shape index (κ2) is 8.92. The Hall–Kier alpha value is 1.24. The van der Waals surface area contributed by atoms with Gasteiger partial charge >= 0.3 is 0 Å². The first kappa shape index (κ1) is 20.3. The summed E-state index contributed by atoms with van der Waals surface area (Å²) >= 11 is 34.8. The summed E-state index contributed by atoms with van der Waals surface area (Å²) in [7, 11) is 0. The average molecular weight is 431 g/mol. The number of rotatable bonds is 7. The lowest BCUT2D eigenvalue weighted by atomic mass is 10.4. The van der Waals surface area contributed by atoms with Crippen molar-refractivity contribution in [2.75, 3.05) is 13.2 Å². The first-order valence-corrected chi connectivity index (χ1v) is 10.6. The van der Waals surface area contributed by atoms with Crippen molar-refractivity contribution >= 4 is 81.6 Å². The van der Waals surface area contributed by atoms with Crippen LogP contribution in [0.25, 0.3) is 0 Å². The Kier molecular flexibility index (Phi) is 8.61. The predicted octanol–water partition coefficient (Wildman–Crippen LogP) is 6.13. The van der Waals surface area contributed by atoms with Gasteiger partial charge in [0.05, 0.1) is 16.9 Å². The molecule has 0 bridgehead atoms. The molecule has 0 amide bonds. The molecule has 2 nitrogen and oxygen atoms in total. The van der Waals surface area contributed by atoms with Crippen LogP contribution in [-0.2, 0) is 20.9 Å². The molecule has 0 saturated heterocycles. The third-order valence-corrected chi connectivity index (χ3v) is 6.56. The van der Waals surface area contributed by atoms with Crippen molar-refractivity contribution < 1.29 is 9.05 Å². The lowest BCUT2D eigenvalue weighted by Crippen LogP contribution is -2.18. The number of hydrogen-bond acceptors (Lipinski definition) is 3. The number of hydrogen-bond donors (Lipinski definition) is 0. The van der Waals surface area contributed by atoms with E-state index in [1.807, 2.05) is 6.92 Å². The zero-order chi connectivity index (χ0) is 16.1. The molecule has 1 rings (SSSR count). The third-order valence-electron chi connectivity index (χ3n) is 2.36. The summed E-state index contributed by atoms with van der Waals surface area (Å²) in [4.78, 5) is 0. The molecule has 0 radical (unpaired) electrons. The predicted molar refractivity (Wildman–Crippen MR) is 97.5 cm³/mol. The van der Waals surface area contributed by atoms with E-state index in [1.54, 1.807) is 18.2 Å². The highest BCUT2D eigenvalue weighted by Crippen LogP contribution is 2.51. The molecule has 0 aliphatic carbocycles. The average Bonchev–Trinajstić information content (AvgIpc) is 2.36. The zero-order valence-corrected chi connectivity index (χ0v) is 16.6. The van der Waals surface area contributed by atoms with Gasteiger partial charge in [0.2, 0.25) is 10.3 Å². The fourth-order valence-corrected chi connectivity index (χ4v) is 5.18. The Morgan fingerprint density at radius 2 is 1.86 bits per heavy atom.